The van der Waals surface area contributed by atoms with Crippen LogP contribution in [0.2, 0.25) is 0 Å². The second-order valence-corrected chi connectivity index (χ2v) is 1.61. The number of rotatable bonds is 3. The van der Waals surface area contributed by atoms with E-state index < -0.39 is 6.04 Å². The van der Waals surface area contributed by atoms with Crippen LogP contribution in [-0.4, -0.2) is 22.9 Å². The summed E-state index contributed by atoms with van der Waals surface area (Å²) in [6, 6.07) is -0.472. The van der Waals surface area contributed by atoms with Crippen molar-refractivity contribution < 1.29 is 10.2 Å². The first kappa shape index (κ1) is 7.46. The lowest BCUT2D eigenvalue weighted by Gasteiger charge is -2.05. The minimum atomic E-state index is -0.472. The summed E-state index contributed by atoms with van der Waals surface area (Å²) in [6.45, 7) is 3.18. The molecule has 0 aliphatic carbocycles. The lowest BCUT2D eigenvalue weighted by atomic mass is 10.2. The van der Waals surface area contributed by atoms with Gasteiger partial charge in [0, 0.05) is 6.61 Å². The quantitative estimate of drug-likeness (QED) is 0.447. The topological polar surface area (TPSA) is 66.5 Å². The molecule has 1 unspecified atom stereocenters. The van der Waals surface area contributed by atoms with Gasteiger partial charge >= 0.3 is 0 Å². The predicted molar refractivity (Wildman–Crippen MR) is 31.4 cm³/mol. The van der Waals surface area contributed by atoms with E-state index in [1.165, 1.54) is 0 Å². The van der Waals surface area contributed by atoms with E-state index in [1.807, 2.05) is 0 Å². The largest absolute Gasteiger partial charge is 0.511 e. The third-order valence-electron chi connectivity index (χ3n) is 0.868. The molecule has 0 aromatic rings. The Balaban J connectivity index is 3.32. The van der Waals surface area contributed by atoms with Gasteiger partial charge in [0.1, 0.15) is 5.76 Å². The fourth-order valence-electron chi connectivity index (χ4n) is 0.306. The third-order valence-corrected chi connectivity index (χ3v) is 0.868. The average Bonchev–Trinajstić information content (AvgIpc) is 1.67. The maximum atomic E-state index is 8.52. The van der Waals surface area contributed by atoms with E-state index in [2.05, 4.69) is 6.58 Å². The average molecular weight is 117 g/mol. The summed E-state index contributed by atoms with van der Waals surface area (Å²) < 4.78 is 0. The number of aliphatic hydroxyl groups excluding tert-OH is 2. The minimum Gasteiger partial charge on any atom is -0.511 e. The van der Waals surface area contributed by atoms with E-state index >= 15 is 0 Å². The molecule has 0 aliphatic heterocycles. The molecule has 8 heavy (non-hydrogen) atoms. The second kappa shape index (κ2) is 3.46. The highest BCUT2D eigenvalue weighted by Gasteiger charge is 2.01. The Hall–Kier alpha value is -0.540. The van der Waals surface area contributed by atoms with Crippen molar-refractivity contribution in [2.24, 2.45) is 5.73 Å². The first-order valence-corrected chi connectivity index (χ1v) is 2.42. The van der Waals surface area contributed by atoms with Crippen molar-refractivity contribution in [3.63, 3.8) is 0 Å². The Morgan fingerprint density at radius 2 is 2.25 bits per heavy atom. The van der Waals surface area contributed by atoms with E-state index in [4.69, 9.17) is 15.9 Å². The van der Waals surface area contributed by atoms with Gasteiger partial charge in [-0.3, -0.25) is 0 Å². The normalized spacial score (nSPS) is 13.2. The Morgan fingerprint density at radius 3 is 2.38 bits per heavy atom. The molecule has 3 nitrogen and oxygen atoms in total. The van der Waals surface area contributed by atoms with Crippen molar-refractivity contribution in [1.29, 1.82) is 0 Å². The zero-order valence-electron chi connectivity index (χ0n) is 4.67. The fraction of sp³-hybridized carbons (Fsp3) is 0.600. The molecule has 1 atom stereocenters. The maximum absolute atomic E-state index is 8.52. The first-order chi connectivity index (χ1) is 3.68. The van der Waals surface area contributed by atoms with Gasteiger partial charge in [-0.25, -0.2) is 0 Å². The SMILES string of the molecule is C=C(O)C(N)CCO. The van der Waals surface area contributed by atoms with Crippen molar-refractivity contribution in [1.82, 2.24) is 0 Å². The van der Waals surface area contributed by atoms with Gasteiger partial charge in [0.15, 0.2) is 0 Å². The van der Waals surface area contributed by atoms with Gasteiger partial charge in [-0.1, -0.05) is 6.58 Å². The van der Waals surface area contributed by atoms with Gasteiger partial charge in [-0.2, -0.15) is 0 Å². The van der Waals surface area contributed by atoms with Crippen LogP contribution in [0.4, 0.5) is 0 Å². The molecule has 0 radical (unpaired) electrons. The molecular formula is C5H11NO2. The molecule has 0 amide bonds. The number of nitrogens with two attached hydrogens (primary N) is 1. The van der Waals surface area contributed by atoms with Gasteiger partial charge in [0.2, 0.25) is 0 Å². The van der Waals surface area contributed by atoms with E-state index in [9.17, 15) is 0 Å². The number of hydrogen-bond donors (Lipinski definition) is 3. The van der Waals surface area contributed by atoms with E-state index in [-0.39, 0.29) is 12.4 Å². The van der Waals surface area contributed by atoms with Crippen LogP contribution in [0.1, 0.15) is 6.42 Å². The molecule has 0 heterocycles. The van der Waals surface area contributed by atoms with Crippen molar-refractivity contribution in [2.45, 2.75) is 12.5 Å². The zero-order valence-corrected chi connectivity index (χ0v) is 4.67. The molecule has 0 spiro atoms. The maximum Gasteiger partial charge on any atom is 0.102 e. The minimum absolute atomic E-state index is 0.0131. The second-order valence-electron chi connectivity index (χ2n) is 1.61. The smallest absolute Gasteiger partial charge is 0.102 e. The van der Waals surface area contributed by atoms with Crippen LogP contribution in [0, 0.1) is 0 Å². The Labute approximate surface area is 48.4 Å². The van der Waals surface area contributed by atoms with Gasteiger partial charge in [0.05, 0.1) is 6.04 Å². The predicted octanol–water partition coefficient (Wildman–Crippen LogP) is -0.232. The van der Waals surface area contributed by atoms with Crippen LogP contribution in [0.15, 0.2) is 12.3 Å². The molecule has 0 aliphatic rings. The van der Waals surface area contributed by atoms with Gasteiger partial charge in [0.25, 0.3) is 0 Å². The van der Waals surface area contributed by atoms with Crippen LogP contribution in [0.3, 0.4) is 0 Å². The summed E-state index contributed by atoms with van der Waals surface area (Å²) in [5.74, 6) is -0.0703. The molecule has 0 fully saturated rings. The van der Waals surface area contributed by atoms with Crippen molar-refractivity contribution in [2.75, 3.05) is 6.61 Å². The van der Waals surface area contributed by atoms with Crippen LogP contribution in [0.5, 0.6) is 0 Å². The molecule has 0 rings (SSSR count). The summed E-state index contributed by atoms with van der Waals surface area (Å²) in [4.78, 5) is 0. The zero-order chi connectivity index (χ0) is 6.57. The van der Waals surface area contributed by atoms with Gasteiger partial charge in [-0.15, -0.1) is 0 Å². The number of hydrogen-bond acceptors (Lipinski definition) is 3. The Bertz CT molecular complexity index is 82.5. The van der Waals surface area contributed by atoms with Crippen LogP contribution in [0.25, 0.3) is 0 Å². The first-order valence-electron chi connectivity index (χ1n) is 2.42. The van der Waals surface area contributed by atoms with Crippen LogP contribution >= 0.6 is 0 Å². The summed E-state index contributed by atoms with van der Waals surface area (Å²) >= 11 is 0. The molecule has 0 bridgehead atoms. The standard InChI is InChI=1S/C5H11NO2/c1-4(8)5(6)2-3-7/h5,7-8H,1-3,6H2. The highest BCUT2D eigenvalue weighted by Crippen LogP contribution is 1.93. The highest BCUT2D eigenvalue weighted by molar-refractivity contribution is 4.91. The lowest BCUT2D eigenvalue weighted by Crippen LogP contribution is -2.22. The van der Waals surface area contributed by atoms with E-state index in [0.717, 1.165) is 0 Å². The molecular weight excluding hydrogens is 106 g/mol. The van der Waals surface area contributed by atoms with E-state index in [1.54, 1.807) is 0 Å². The summed E-state index contributed by atoms with van der Waals surface area (Å²) in [5.41, 5.74) is 5.22. The molecule has 48 valence electrons. The Kier molecular flexibility index (Phi) is 3.23. The van der Waals surface area contributed by atoms with Crippen molar-refractivity contribution in [3.05, 3.63) is 12.3 Å². The van der Waals surface area contributed by atoms with Crippen LogP contribution in [-0.2, 0) is 0 Å². The van der Waals surface area contributed by atoms with Crippen molar-refractivity contribution >= 4 is 0 Å². The fourth-order valence-corrected chi connectivity index (χ4v) is 0.306. The summed E-state index contributed by atoms with van der Waals surface area (Å²) in [7, 11) is 0. The number of aliphatic hydroxyl groups is 2. The third kappa shape index (κ3) is 2.60. The molecule has 0 saturated heterocycles. The molecule has 4 N–H and O–H groups in total. The lowest BCUT2D eigenvalue weighted by molar-refractivity contribution is 0.263. The van der Waals surface area contributed by atoms with E-state index in [0.29, 0.717) is 6.42 Å². The van der Waals surface area contributed by atoms with Crippen molar-refractivity contribution in [3.8, 4) is 0 Å². The van der Waals surface area contributed by atoms with Crippen LogP contribution < -0.4 is 5.73 Å². The monoisotopic (exact) mass is 117 g/mol. The highest BCUT2D eigenvalue weighted by atomic mass is 16.3. The molecule has 3 heteroatoms. The molecule has 0 aromatic heterocycles. The van der Waals surface area contributed by atoms with Gasteiger partial charge in [-0.05, 0) is 6.42 Å². The summed E-state index contributed by atoms with van der Waals surface area (Å²) in [6.07, 6.45) is 0.370. The van der Waals surface area contributed by atoms with Gasteiger partial charge < -0.3 is 15.9 Å². The summed E-state index contributed by atoms with van der Waals surface area (Å²) in [5, 5.41) is 16.8. The molecule has 0 aromatic carbocycles. The Morgan fingerprint density at radius 1 is 1.75 bits per heavy atom. The molecule has 0 saturated carbocycles.